The molecule has 0 amide bonds. The monoisotopic (exact) mass is 455 g/mol. The molecular weight excluding hydrogens is 436 g/mol. The summed E-state index contributed by atoms with van der Waals surface area (Å²) in [5, 5.41) is 0.527. The van der Waals surface area contributed by atoms with Crippen LogP contribution in [-0.2, 0) is 11.3 Å². The van der Waals surface area contributed by atoms with E-state index in [1.807, 2.05) is 18.2 Å². The van der Waals surface area contributed by atoms with Crippen molar-refractivity contribution in [2.75, 3.05) is 7.11 Å². The fourth-order valence-electron chi connectivity index (χ4n) is 3.42. The lowest BCUT2D eigenvalue weighted by atomic mass is 10.0. The smallest absolute Gasteiger partial charge is 0.338 e. The van der Waals surface area contributed by atoms with Crippen molar-refractivity contribution in [3.63, 3.8) is 0 Å². The summed E-state index contributed by atoms with van der Waals surface area (Å²) < 4.78 is 37.5. The van der Waals surface area contributed by atoms with Gasteiger partial charge in [-0.05, 0) is 48.0 Å². The molecule has 0 spiro atoms. The Bertz CT molecular complexity index is 1440. The Morgan fingerprint density at radius 1 is 1.03 bits per heavy atom. The molecule has 0 aliphatic heterocycles. The molecule has 0 N–H and O–H groups in total. The van der Waals surface area contributed by atoms with E-state index in [0.29, 0.717) is 39.0 Å². The van der Waals surface area contributed by atoms with Crippen molar-refractivity contribution in [1.82, 2.24) is 4.98 Å². The number of ether oxygens (including phenoxy) is 2. The van der Waals surface area contributed by atoms with E-state index >= 15 is 0 Å². The summed E-state index contributed by atoms with van der Waals surface area (Å²) in [5.74, 6) is 0.856. The number of halogens is 2. The summed E-state index contributed by atoms with van der Waals surface area (Å²) in [6.45, 7) is 0.109. The van der Waals surface area contributed by atoms with E-state index in [2.05, 4.69) is 10.9 Å². The number of benzene rings is 3. The van der Waals surface area contributed by atoms with Crippen LogP contribution in [0.3, 0.4) is 0 Å². The summed E-state index contributed by atoms with van der Waals surface area (Å²) in [6, 6.07) is 18.0. The Hall–Kier alpha value is -4.50. The maximum Gasteiger partial charge on any atom is 0.338 e. The third kappa shape index (κ3) is 4.94. The molecule has 0 bridgehead atoms. The van der Waals surface area contributed by atoms with Crippen LogP contribution in [0.2, 0.25) is 0 Å². The molecule has 1 aromatic heterocycles. The number of pyridine rings is 1. The van der Waals surface area contributed by atoms with Crippen LogP contribution >= 0.6 is 0 Å². The van der Waals surface area contributed by atoms with Gasteiger partial charge in [0.1, 0.15) is 12.4 Å². The second-order valence-corrected chi connectivity index (χ2v) is 7.35. The number of esters is 1. The maximum atomic E-state index is 13.5. The molecule has 6 heteroatoms. The SMILES string of the molecule is C#Cc1cccc(C(=O)OC)c1COc1ccc(/C=C/c2ccc3cc(F)c(F)cc3n2)cc1. The molecule has 34 heavy (non-hydrogen) atoms. The topological polar surface area (TPSA) is 48.4 Å². The predicted molar refractivity (Wildman–Crippen MR) is 127 cm³/mol. The number of fused-ring (bicyclic) bond motifs is 1. The van der Waals surface area contributed by atoms with Gasteiger partial charge in [0.15, 0.2) is 11.6 Å². The zero-order chi connectivity index (χ0) is 24.1. The van der Waals surface area contributed by atoms with E-state index in [1.165, 1.54) is 7.11 Å². The van der Waals surface area contributed by atoms with Gasteiger partial charge in [0.2, 0.25) is 0 Å². The van der Waals surface area contributed by atoms with Gasteiger partial charge in [-0.25, -0.2) is 18.6 Å². The van der Waals surface area contributed by atoms with Crippen molar-refractivity contribution >= 4 is 29.0 Å². The van der Waals surface area contributed by atoms with Gasteiger partial charge >= 0.3 is 5.97 Å². The predicted octanol–water partition coefficient (Wildman–Crippen LogP) is 6.03. The third-order valence-electron chi connectivity index (χ3n) is 5.20. The Morgan fingerprint density at radius 3 is 2.53 bits per heavy atom. The molecule has 0 fully saturated rings. The van der Waals surface area contributed by atoms with Gasteiger partial charge in [-0.3, -0.25) is 0 Å². The molecule has 4 rings (SSSR count). The van der Waals surface area contributed by atoms with Crippen molar-refractivity contribution in [3.05, 3.63) is 106 Å². The van der Waals surface area contributed by atoms with E-state index in [-0.39, 0.29) is 6.61 Å². The average molecular weight is 455 g/mol. The Kier molecular flexibility index (Phi) is 6.65. The summed E-state index contributed by atoms with van der Waals surface area (Å²) >= 11 is 0. The fourth-order valence-corrected chi connectivity index (χ4v) is 3.42. The van der Waals surface area contributed by atoms with Crippen LogP contribution in [0.5, 0.6) is 5.75 Å². The van der Waals surface area contributed by atoms with E-state index < -0.39 is 17.6 Å². The zero-order valence-corrected chi connectivity index (χ0v) is 18.2. The van der Waals surface area contributed by atoms with E-state index in [0.717, 1.165) is 17.7 Å². The molecule has 4 nitrogen and oxygen atoms in total. The van der Waals surface area contributed by atoms with Crippen LogP contribution in [0.25, 0.3) is 23.1 Å². The molecule has 0 radical (unpaired) electrons. The zero-order valence-electron chi connectivity index (χ0n) is 18.2. The number of hydrogen-bond acceptors (Lipinski definition) is 4. The van der Waals surface area contributed by atoms with Crippen molar-refractivity contribution in [3.8, 4) is 18.1 Å². The second-order valence-electron chi connectivity index (χ2n) is 7.35. The van der Waals surface area contributed by atoms with Crippen LogP contribution in [-0.4, -0.2) is 18.1 Å². The van der Waals surface area contributed by atoms with Crippen molar-refractivity contribution in [2.24, 2.45) is 0 Å². The maximum absolute atomic E-state index is 13.5. The second kappa shape index (κ2) is 9.97. The number of terminal acetylenes is 1. The first-order valence-electron chi connectivity index (χ1n) is 10.3. The molecule has 3 aromatic carbocycles. The first-order valence-corrected chi connectivity index (χ1v) is 10.3. The Morgan fingerprint density at radius 2 is 1.79 bits per heavy atom. The molecular formula is C28H19F2NO3. The molecule has 0 aliphatic rings. The first kappa shape index (κ1) is 22.7. The Balaban J connectivity index is 1.47. The standard InChI is InChI=1S/C28H19F2NO3/c1-3-19-5-4-6-23(28(32)33-2)24(19)17-34-22-13-8-18(9-14-22)7-11-21-12-10-20-15-25(29)26(30)16-27(20)31-21/h1,4-16H,17H2,2H3/b11-7+. The molecule has 0 atom stereocenters. The highest BCUT2D eigenvalue weighted by Gasteiger charge is 2.15. The lowest BCUT2D eigenvalue weighted by Crippen LogP contribution is -2.10. The van der Waals surface area contributed by atoms with E-state index in [1.54, 1.807) is 48.5 Å². The lowest BCUT2D eigenvalue weighted by molar-refractivity contribution is 0.0597. The van der Waals surface area contributed by atoms with Gasteiger partial charge in [-0.2, -0.15) is 0 Å². The van der Waals surface area contributed by atoms with Crippen LogP contribution < -0.4 is 4.74 Å². The molecule has 1 heterocycles. The number of hydrogen-bond donors (Lipinski definition) is 0. The number of aromatic nitrogens is 1. The number of nitrogens with zero attached hydrogens (tertiary/aromatic N) is 1. The minimum atomic E-state index is -0.930. The van der Waals surface area contributed by atoms with Gasteiger partial charge in [-0.1, -0.05) is 36.3 Å². The minimum Gasteiger partial charge on any atom is -0.489 e. The fraction of sp³-hybridized carbons (Fsp3) is 0.0714. The van der Waals surface area contributed by atoms with Crippen molar-refractivity contribution in [1.29, 1.82) is 0 Å². The highest BCUT2D eigenvalue weighted by molar-refractivity contribution is 5.91. The van der Waals surface area contributed by atoms with Gasteiger partial charge in [0.05, 0.1) is 23.9 Å². The normalized spacial score (nSPS) is 10.9. The van der Waals surface area contributed by atoms with Crippen molar-refractivity contribution < 1.29 is 23.0 Å². The summed E-state index contributed by atoms with van der Waals surface area (Å²) in [4.78, 5) is 16.4. The summed E-state index contributed by atoms with van der Waals surface area (Å²) in [6.07, 6.45) is 9.20. The molecule has 4 aromatic rings. The van der Waals surface area contributed by atoms with E-state index in [4.69, 9.17) is 15.9 Å². The summed E-state index contributed by atoms with van der Waals surface area (Å²) in [7, 11) is 1.31. The first-order chi connectivity index (χ1) is 16.5. The van der Waals surface area contributed by atoms with E-state index in [9.17, 15) is 13.6 Å². The van der Waals surface area contributed by atoms with Crippen LogP contribution in [0.4, 0.5) is 8.78 Å². The number of carbonyl (C=O) groups excluding carboxylic acids is 1. The summed E-state index contributed by atoms with van der Waals surface area (Å²) in [5.41, 5.74) is 3.39. The molecule has 0 saturated heterocycles. The molecule has 0 aliphatic carbocycles. The lowest BCUT2D eigenvalue weighted by Gasteiger charge is -2.12. The molecule has 168 valence electrons. The minimum absolute atomic E-state index is 0.109. The average Bonchev–Trinajstić information content (AvgIpc) is 2.86. The highest BCUT2D eigenvalue weighted by atomic mass is 19.2. The molecule has 0 saturated carbocycles. The van der Waals surface area contributed by atoms with Gasteiger partial charge in [0, 0.05) is 22.6 Å². The van der Waals surface area contributed by atoms with Gasteiger partial charge in [-0.15, -0.1) is 6.42 Å². The Labute approximate surface area is 195 Å². The van der Waals surface area contributed by atoms with Crippen LogP contribution in [0.1, 0.15) is 32.7 Å². The number of carbonyl (C=O) groups is 1. The number of methoxy groups -OCH3 is 1. The highest BCUT2D eigenvalue weighted by Crippen LogP contribution is 2.21. The number of rotatable bonds is 6. The van der Waals surface area contributed by atoms with Gasteiger partial charge in [0.25, 0.3) is 0 Å². The molecule has 0 unspecified atom stereocenters. The quantitative estimate of drug-likeness (QED) is 0.263. The van der Waals surface area contributed by atoms with Crippen LogP contribution in [0, 0.1) is 24.0 Å². The van der Waals surface area contributed by atoms with Gasteiger partial charge < -0.3 is 9.47 Å². The van der Waals surface area contributed by atoms with Crippen molar-refractivity contribution in [2.45, 2.75) is 6.61 Å². The largest absolute Gasteiger partial charge is 0.489 e. The van der Waals surface area contributed by atoms with Crippen LogP contribution in [0.15, 0.2) is 66.7 Å². The third-order valence-corrected chi connectivity index (χ3v) is 5.20.